The summed E-state index contributed by atoms with van der Waals surface area (Å²) in [6.45, 7) is 3.66. The van der Waals surface area contributed by atoms with Crippen LogP contribution >= 0.6 is 0 Å². The maximum absolute atomic E-state index is 3.48. The highest BCUT2D eigenvalue weighted by Crippen LogP contribution is 2.35. The van der Waals surface area contributed by atoms with Gasteiger partial charge in [-0.2, -0.15) is 0 Å². The van der Waals surface area contributed by atoms with Gasteiger partial charge in [0.1, 0.15) is 0 Å². The van der Waals surface area contributed by atoms with Crippen molar-refractivity contribution in [1.82, 2.24) is 10.2 Å². The molecule has 0 saturated carbocycles. The summed E-state index contributed by atoms with van der Waals surface area (Å²) in [5.74, 6) is 0. The zero-order valence-corrected chi connectivity index (χ0v) is 11.0. The fraction of sp³-hybridized carbons (Fsp3) is 1.00. The SMILES string of the molecule is CCCCCCN1C2CCC1CC(NC)C2. The summed E-state index contributed by atoms with van der Waals surface area (Å²) in [6.07, 6.45) is 11.3. The van der Waals surface area contributed by atoms with E-state index in [4.69, 9.17) is 0 Å². The van der Waals surface area contributed by atoms with Crippen molar-refractivity contribution >= 4 is 0 Å². The van der Waals surface area contributed by atoms with Crippen LogP contribution in [-0.4, -0.2) is 36.6 Å². The maximum atomic E-state index is 3.48. The first-order valence-electron chi connectivity index (χ1n) is 7.28. The topological polar surface area (TPSA) is 15.3 Å². The van der Waals surface area contributed by atoms with Gasteiger partial charge in [0.2, 0.25) is 0 Å². The third-order valence-electron chi connectivity index (χ3n) is 4.56. The van der Waals surface area contributed by atoms with Crippen LogP contribution in [-0.2, 0) is 0 Å². The molecule has 2 saturated heterocycles. The Kier molecular flexibility index (Phi) is 4.66. The molecule has 0 aliphatic carbocycles. The zero-order chi connectivity index (χ0) is 11.4. The number of hydrogen-bond donors (Lipinski definition) is 1. The van der Waals surface area contributed by atoms with Crippen LogP contribution < -0.4 is 5.32 Å². The summed E-state index contributed by atoms with van der Waals surface area (Å²) in [6, 6.07) is 2.60. The summed E-state index contributed by atoms with van der Waals surface area (Å²) < 4.78 is 0. The lowest BCUT2D eigenvalue weighted by molar-refractivity contribution is 0.117. The largest absolute Gasteiger partial charge is 0.317 e. The second-order valence-corrected chi connectivity index (χ2v) is 5.64. The fourth-order valence-corrected chi connectivity index (χ4v) is 3.60. The van der Waals surface area contributed by atoms with Crippen molar-refractivity contribution in [3.63, 3.8) is 0 Å². The van der Waals surface area contributed by atoms with Crippen molar-refractivity contribution in [2.75, 3.05) is 13.6 Å². The Balaban J connectivity index is 1.75. The Morgan fingerprint density at radius 3 is 2.31 bits per heavy atom. The molecule has 2 unspecified atom stereocenters. The van der Waals surface area contributed by atoms with E-state index >= 15 is 0 Å². The van der Waals surface area contributed by atoms with Crippen molar-refractivity contribution in [3.05, 3.63) is 0 Å². The lowest BCUT2D eigenvalue weighted by Gasteiger charge is -2.39. The van der Waals surface area contributed by atoms with Gasteiger partial charge in [-0.3, -0.25) is 4.90 Å². The molecule has 0 amide bonds. The van der Waals surface area contributed by atoms with Crippen LogP contribution in [0, 0.1) is 0 Å². The lowest BCUT2D eigenvalue weighted by Crippen LogP contribution is -2.48. The molecular formula is C14H28N2. The summed E-state index contributed by atoms with van der Waals surface area (Å²) in [5, 5.41) is 3.48. The average Bonchev–Trinajstić information content (AvgIpc) is 2.55. The molecule has 2 aliphatic heterocycles. The van der Waals surface area contributed by atoms with E-state index in [1.54, 1.807) is 0 Å². The molecule has 2 rings (SSSR count). The Bertz CT molecular complexity index is 191. The van der Waals surface area contributed by atoms with Crippen LogP contribution in [0.25, 0.3) is 0 Å². The number of nitrogens with one attached hydrogen (secondary N) is 1. The van der Waals surface area contributed by atoms with E-state index in [-0.39, 0.29) is 0 Å². The van der Waals surface area contributed by atoms with E-state index in [0.717, 1.165) is 18.1 Å². The molecule has 2 heterocycles. The molecule has 0 radical (unpaired) electrons. The quantitative estimate of drug-likeness (QED) is 0.698. The van der Waals surface area contributed by atoms with Crippen molar-refractivity contribution in [1.29, 1.82) is 0 Å². The van der Waals surface area contributed by atoms with Crippen LogP contribution in [0.1, 0.15) is 58.3 Å². The van der Waals surface area contributed by atoms with E-state index in [1.165, 1.54) is 57.9 Å². The zero-order valence-electron chi connectivity index (χ0n) is 11.0. The summed E-state index contributed by atoms with van der Waals surface area (Å²) in [5.41, 5.74) is 0. The molecule has 2 heteroatoms. The third-order valence-corrected chi connectivity index (χ3v) is 4.56. The highest BCUT2D eigenvalue weighted by atomic mass is 15.2. The molecule has 0 aromatic carbocycles. The monoisotopic (exact) mass is 224 g/mol. The number of unbranched alkanes of at least 4 members (excludes halogenated alkanes) is 3. The van der Waals surface area contributed by atoms with Crippen LogP contribution in [0.2, 0.25) is 0 Å². The smallest absolute Gasteiger partial charge is 0.0114 e. The third kappa shape index (κ3) is 2.78. The minimum Gasteiger partial charge on any atom is -0.317 e. The normalized spacial score (nSPS) is 34.5. The van der Waals surface area contributed by atoms with Gasteiger partial charge in [0.25, 0.3) is 0 Å². The number of piperidine rings is 1. The summed E-state index contributed by atoms with van der Waals surface area (Å²) in [4.78, 5) is 2.82. The molecule has 0 aromatic rings. The Morgan fingerprint density at radius 2 is 1.75 bits per heavy atom. The Labute approximate surface area is 101 Å². The number of nitrogens with zero attached hydrogens (tertiary/aromatic N) is 1. The predicted octanol–water partition coefficient (Wildman–Crippen LogP) is 2.78. The maximum Gasteiger partial charge on any atom is 0.0114 e. The number of rotatable bonds is 6. The first kappa shape index (κ1) is 12.4. The molecule has 0 aromatic heterocycles. The van der Waals surface area contributed by atoms with Crippen LogP contribution in [0.15, 0.2) is 0 Å². The minimum atomic E-state index is 0.796. The molecule has 94 valence electrons. The molecular weight excluding hydrogens is 196 g/mol. The molecule has 0 spiro atoms. The van der Waals surface area contributed by atoms with Gasteiger partial charge in [0.15, 0.2) is 0 Å². The molecule has 1 N–H and O–H groups in total. The fourth-order valence-electron chi connectivity index (χ4n) is 3.60. The standard InChI is InChI=1S/C14H28N2/c1-3-4-5-6-9-16-13-7-8-14(16)11-12(10-13)15-2/h12-15H,3-11H2,1-2H3. The van der Waals surface area contributed by atoms with Gasteiger partial charge in [0, 0.05) is 18.1 Å². The number of fused-ring (bicyclic) bond motifs is 2. The van der Waals surface area contributed by atoms with Gasteiger partial charge in [0.05, 0.1) is 0 Å². The second kappa shape index (κ2) is 6.02. The van der Waals surface area contributed by atoms with E-state index < -0.39 is 0 Å². The minimum absolute atomic E-state index is 0.796. The second-order valence-electron chi connectivity index (χ2n) is 5.64. The van der Waals surface area contributed by atoms with Crippen LogP contribution in [0.4, 0.5) is 0 Å². The Hall–Kier alpha value is -0.0800. The summed E-state index contributed by atoms with van der Waals surface area (Å²) in [7, 11) is 2.13. The first-order chi connectivity index (χ1) is 7.85. The average molecular weight is 224 g/mol. The van der Waals surface area contributed by atoms with Gasteiger partial charge in [-0.1, -0.05) is 26.2 Å². The van der Waals surface area contributed by atoms with Gasteiger partial charge in [-0.25, -0.2) is 0 Å². The van der Waals surface area contributed by atoms with Gasteiger partial charge < -0.3 is 5.32 Å². The van der Waals surface area contributed by atoms with E-state index in [9.17, 15) is 0 Å². The molecule has 2 atom stereocenters. The van der Waals surface area contributed by atoms with Crippen molar-refractivity contribution in [2.24, 2.45) is 0 Å². The van der Waals surface area contributed by atoms with E-state index in [2.05, 4.69) is 24.2 Å². The van der Waals surface area contributed by atoms with Crippen LogP contribution in [0.3, 0.4) is 0 Å². The summed E-state index contributed by atoms with van der Waals surface area (Å²) >= 11 is 0. The van der Waals surface area contributed by atoms with E-state index in [0.29, 0.717) is 0 Å². The molecule has 2 fully saturated rings. The highest BCUT2D eigenvalue weighted by Gasteiger charge is 2.39. The van der Waals surface area contributed by atoms with Gasteiger partial charge >= 0.3 is 0 Å². The van der Waals surface area contributed by atoms with Crippen molar-refractivity contribution < 1.29 is 0 Å². The Morgan fingerprint density at radius 1 is 1.06 bits per heavy atom. The number of hydrogen-bond acceptors (Lipinski definition) is 2. The molecule has 16 heavy (non-hydrogen) atoms. The molecule has 2 bridgehead atoms. The molecule has 2 nitrogen and oxygen atoms in total. The van der Waals surface area contributed by atoms with Crippen molar-refractivity contribution in [2.45, 2.75) is 76.4 Å². The molecule has 2 aliphatic rings. The van der Waals surface area contributed by atoms with Gasteiger partial charge in [-0.05, 0) is 45.7 Å². The van der Waals surface area contributed by atoms with Crippen LogP contribution in [0.5, 0.6) is 0 Å². The highest BCUT2D eigenvalue weighted by molar-refractivity contribution is 4.96. The van der Waals surface area contributed by atoms with E-state index in [1.807, 2.05) is 0 Å². The first-order valence-corrected chi connectivity index (χ1v) is 7.28. The predicted molar refractivity (Wildman–Crippen MR) is 69.7 cm³/mol. The lowest BCUT2D eigenvalue weighted by atomic mass is 9.97. The van der Waals surface area contributed by atoms with Crippen molar-refractivity contribution in [3.8, 4) is 0 Å². The van der Waals surface area contributed by atoms with Gasteiger partial charge in [-0.15, -0.1) is 0 Å².